The van der Waals surface area contributed by atoms with E-state index < -0.39 is 0 Å². The largest absolute Gasteiger partial charge is 0.506 e. The van der Waals surface area contributed by atoms with Crippen LogP contribution in [0.3, 0.4) is 0 Å². The Morgan fingerprint density at radius 3 is 2.60 bits per heavy atom. The summed E-state index contributed by atoms with van der Waals surface area (Å²) in [5.74, 6) is 0.353. The highest BCUT2D eigenvalue weighted by Crippen LogP contribution is 2.25. The summed E-state index contributed by atoms with van der Waals surface area (Å²) in [5, 5.41) is 12.6. The molecule has 0 heterocycles. The van der Waals surface area contributed by atoms with E-state index in [2.05, 4.69) is 5.32 Å². The van der Waals surface area contributed by atoms with Gasteiger partial charge in [-0.2, -0.15) is 0 Å². The Morgan fingerprint density at radius 1 is 1.00 bits per heavy atom. The van der Waals surface area contributed by atoms with Gasteiger partial charge in [-0.3, -0.25) is 4.79 Å². The number of rotatable bonds is 5. The summed E-state index contributed by atoms with van der Waals surface area (Å²) < 4.78 is 5.75. The fourth-order valence-corrected chi connectivity index (χ4v) is 2.41. The molecule has 0 aromatic heterocycles. The SMILES string of the molecule is Cc1ccc(O)c(NC(=O)c2cccc(OCc3ccccc3)c2)c1. The first kappa shape index (κ1) is 16.6. The normalized spacial score (nSPS) is 10.3. The number of aryl methyl sites for hydroxylation is 1. The molecule has 3 aromatic carbocycles. The van der Waals surface area contributed by atoms with Gasteiger partial charge in [0.25, 0.3) is 5.91 Å². The van der Waals surface area contributed by atoms with E-state index in [1.54, 1.807) is 36.4 Å². The maximum Gasteiger partial charge on any atom is 0.255 e. The number of phenolic OH excluding ortho intramolecular Hbond substituents is 1. The van der Waals surface area contributed by atoms with Gasteiger partial charge in [-0.15, -0.1) is 0 Å². The molecule has 0 unspecified atom stereocenters. The average Bonchev–Trinajstić information content (AvgIpc) is 2.64. The Morgan fingerprint density at radius 2 is 1.80 bits per heavy atom. The zero-order valence-electron chi connectivity index (χ0n) is 13.9. The van der Waals surface area contributed by atoms with Gasteiger partial charge in [0.05, 0.1) is 5.69 Å². The van der Waals surface area contributed by atoms with E-state index in [4.69, 9.17) is 4.74 Å². The van der Waals surface area contributed by atoms with Gasteiger partial charge in [0, 0.05) is 5.56 Å². The highest BCUT2D eigenvalue weighted by molar-refractivity contribution is 6.05. The van der Waals surface area contributed by atoms with Crippen molar-refractivity contribution in [3.05, 3.63) is 89.5 Å². The van der Waals surface area contributed by atoms with Crippen LogP contribution in [0.5, 0.6) is 11.5 Å². The zero-order chi connectivity index (χ0) is 17.6. The summed E-state index contributed by atoms with van der Waals surface area (Å²) in [6.45, 7) is 2.33. The van der Waals surface area contributed by atoms with Crippen molar-refractivity contribution in [2.24, 2.45) is 0 Å². The van der Waals surface area contributed by atoms with Crippen LogP contribution in [0.2, 0.25) is 0 Å². The molecular formula is C21H19NO3. The van der Waals surface area contributed by atoms with Crippen LogP contribution in [0.25, 0.3) is 0 Å². The Kier molecular flexibility index (Phi) is 5.00. The first-order valence-corrected chi connectivity index (χ1v) is 7.99. The third-order valence-electron chi connectivity index (χ3n) is 3.74. The highest BCUT2D eigenvalue weighted by atomic mass is 16.5. The fourth-order valence-electron chi connectivity index (χ4n) is 2.41. The topological polar surface area (TPSA) is 58.6 Å². The van der Waals surface area contributed by atoms with Crippen LogP contribution >= 0.6 is 0 Å². The lowest BCUT2D eigenvalue weighted by atomic mass is 10.1. The molecule has 3 aromatic rings. The van der Waals surface area contributed by atoms with Gasteiger partial charge < -0.3 is 15.2 Å². The Hall–Kier alpha value is -3.27. The molecule has 0 spiro atoms. The number of amides is 1. The van der Waals surface area contributed by atoms with Gasteiger partial charge in [-0.05, 0) is 48.4 Å². The minimum absolute atomic E-state index is 0.0374. The number of hydrogen-bond donors (Lipinski definition) is 2. The van der Waals surface area contributed by atoms with E-state index in [0.717, 1.165) is 11.1 Å². The molecule has 2 N–H and O–H groups in total. The van der Waals surface area contributed by atoms with Gasteiger partial charge in [-0.25, -0.2) is 0 Å². The first-order chi connectivity index (χ1) is 12.1. The minimum atomic E-state index is -0.300. The molecule has 0 saturated carbocycles. The standard InChI is InChI=1S/C21H19NO3/c1-15-10-11-20(23)19(12-15)22-21(24)17-8-5-9-18(13-17)25-14-16-6-3-2-4-7-16/h2-13,23H,14H2,1H3,(H,22,24). The van der Waals surface area contributed by atoms with Gasteiger partial charge in [0.15, 0.2) is 0 Å². The first-order valence-electron chi connectivity index (χ1n) is 7.99. The van der Waals surface area contributed by atoms with Crippen molar-refractivity contribution < 1.29 is 14.6 Å². The van der Waals surface area contributed by atoms with E-state index in [-0.39, 0.29) is 11.7 Å². The highest BCUT2D eigenvalue weighted by Gasteiger charge is 2.10. The average molecular weight is 333 g/mol. The van der Waals surface area contributed by atoms with E-state index in [1.807, 2.05) is 43.3 Å². The summed E-state index contributed by atoms with van der Waals surface area (Å²) >= 11 is 0. The lowest BCUT2D eigenvalue weighted by Gasteiger charge is -2.10. The van der Waals surface area contributed by atoms with Crippen molar-refractivity contribution in [1.29, 1.82) is 0 Å². The van der Waals surface area contributed by atoms with Gasteiger partial charge in [-0.1, -0.05) is 42.5 Å². The minimum Gasteiger partial charge on any atom is -0.506 e. The van der Waals surface area contributed by atoms with Crippen molar-refractivity contribution in [3.8, 4) is 11.5 Å². The van der Waals surface area contributed by atoms with E-state index in [1.165, 1.54) is 0 Å². The van der Waals surface area contributed by atoms with Gasteiger partial charge in [0.2, 0.25) is 0 Å². The number of nitrogens with one attached hydrogen (secondary N) is 1. The summed E-state index contributed by atoms with van der Waals surface area (Å²) in [5.41, 5.74) is 2.86. The molecule has 0 bridgehead atoms. The van der Waals surface area contributed by atoms with Gasteiger partial charge >= 0.3 is 0 Å². The molecule has 0 saturated heterocycles. The van der Waals surface area contributed by atoms with E-state index in [0.29, 0.717) is 23.6 Å². The maximum atomic E-state index is 12.4. The number of phenols is 1. The predicted molar refractivity (Wildman–Crippen MR) is 98.0 cm³/mol. The molecule has 0 aliphatic heterocycles. The maximum absolute atomic E-state index is 12.4. The van der Waals surface area contributed by atoms with Crippen molar-refractivity contribution in [1.82, 2.24) is 0 Å². The van der Waals surface area contributed by atoms with Crippen LogP contribution in [0.1, 0.15) is 21.5 Å². The number of hydrogen-bond acceptors (Lipinski definition) is 3. The van der Waals surface area contributed by atoms with Crippen molar-refractivity contribution in [2.75, 3.05) is 5.32 Å². The predicted octanol–water partition coefficient (Wildman–Crippen LogP) is 4.53. The molecular weight excluding hydrogens is 314 g/mol. The summed E-state index contributed by atoms with van der Waals surface area (Å²) in [7, 11) is 0. The van der Waals surface area contributed by atoms with Crippen LogP contribution in [0.15, 0.2) is 72.8 Å². The summed E-state index contributed by atoms with van der Waals surface area (Å²) in [4.78, 5) is 12.4. The lowest BCUT2D eigenvalue weighted by Crippen LogP contribution is -2.12. The molecule has 0 aliphatic rings. The number of carbonyl (C=O) groups excluding carboxylic acids is 1. The molecule has 0 aliphatic carbocycles. The summed E-state index contributed by atoms with van der Waals surface area (Å²) in [6.07, 6.45) is 0. The van der Waals surface area contributed by atoms with E-state index in [9.17, 15) is 9.90 Å². The van der Waals surface area contributed by atoms with Crippen LogP contribution in [0, 0.1) is 6.92 Å². The van der Waals surface area contributed by atoms with Gasteiger partial charge in [0.1, 0.15) is 18.1 Å². The summed E-state index contributed by atoms with van der Waals surface area (Å²) in [6, 6.07) is 21.9. The number of benzene rings is 3. The van der Waals surface area contributed by atoms with Crippen LogP contribution in [-0.2, 0) is 6.61 Å². The third-order valence-corrected chi connectivity index (χ3v) is 3.74. The Balaban J connectivity index is 1.70. The molecule has 126 valence electrons. The fraction of sp³-hybridized carbons (Fsp3) is 0.0952. The molecule has 0 atom stereocenters. The second-order valence-electron chi connectivity index (χ2n) is 5.78. The monoisotopic (exact) mass is 333 g/mol. The molecule has 1 amide bonds. The number of anilines is 1. The molecule has 25 heavy (non-hydrogen) atoms. The quantitative estimate of drug-likeness (QED) is 0.674. The second-order valence-corrected chi connectivity index (χ2v) is 5.78. The number of aromatic hydroxyl groups is 1. The molecule has 3 rings (SSSR count). The number of carbonyl (C=O) groups is 1. The van der Waals surface area contributed by atoms with Crippen molar-refractivity contribution >= 4 is 11.6 Å². The van der Waals surface area contributed by atoms with Crippen molar-refractivity contribution in [3.63, 3.8) is 0 Å². The Bertz CT molecular complexity index is 875. The number of ether oxygens (including phenoxy) is 1. The van der Waals surface area contributed by atoms with E-state index >= 15 is 0 Å². The molecule has 4 heteroatoms. The Labute approximate surface area is 146 Å². The smallest absolute Gasteiger partial charge is 0.255 e. The third kappa shape index (κ3) is 4.38. The van der Waals surface area contributed by atoms with Crippen LogP contribution in [0.4, 0.5) is 5.69 Å². The molecule has 0 radical (unpaired) electrons. The molecule has 0 fully saturated rings. The van der Waals surface area contributed by atoms with Crippen molar-refractivity contribution in [2.45, 2.75) is 13.5 Å². The van der Waals surface area contributed by atoms with Crippen LogP contribution in [-0.4, -0.2) is 11.0 Å². The lowest BCUT2D eigenvalue weighted by molar-refractivity contribution is 0.102. The second kappa shape index (κ2) is 7.53. The van der Waals surface area contributed by atoms with Crippen LogP contribution < -0.4 is 10.1 Å². The molecule has 4 nitrogen and oxygen atoms in total. The zero-order valence-corrected chi connectivity index (χ0v) is 13.9.